The van der Waals surface area contributed by atoms with Gasteiger partial charge in [-0.1, -0.05) is 25.6 Å². The maximum absolute atomic E-state index is 11.6. The first-order chi connectivity index (χ1) is 13.5. The lowest BCUT2D eigenvalue weighted by atomic mass is 10.2. The van der Waals surface area contributed by atoms with Crippen LogP contribution < -0.4 is 16.0 Å². The molecule has 0 radical (unpaired) electrons. The third-order valence-corrected chi connectivity index (χ3v) is 5.03. The van der Waals surface area contributed by atoms with Gasteiger partial charge >= 0.3 is 0 Å². The fourth-order valence-electron chi connectivity index (χ4n) is 2.83. The molecule has 0 bridgehead atoms. The minimum Gasteiger partial charge on any atom is -0.357 e. The molecule has 1 aromatic heterocycles. The summed E-state index contributed by atoms with van der Waals surface area (Å²) in [4.78, 5) is 16.3. The number of carbonyl (C=O) groups is 1. The van der Waals surface area contributed by atoms with E-state index in [4.69, 9.17) is 0 Å². The van der Waals surface area contributed by atoms with E-state index in [1.807, 2.05) is 13.2 Å². The SMILES string of the molecule is CCNC(=NCCCc1nnc(SC)n1CC(C)C)NCCNC(=O)C1CC1. The Kier molecular flexibility index (Phi) is 9.60. The van der Waals surface area contributed by atoms with Gasteiger partial charge < -0.3 is 20.5 Å². The second kappa shape index (κ2) is 11.9. The smallest absolute Gasteiger partial charge is 0.223 e. The van der Waals surface area contributed by atoms with Crippen molar-refractivity contribution in [1.29, 1.82) is 0 Å². The maximum Gasteiger partial charge on any atom is 0.223 e. The zero-order valence-corrected chi connectivity index (χ0v) is 18.4. The predicted molar refractivity (Wildman–Crippen MR) is 115 cm³/mol. The Morgan fingerprint density at radius 2 is 2.00 bits per heavy atom. The van der Waals surface area contributed by atoms with Crippen LogP contribution in [0.4, 0.5) is 0 Å². The normalized spacial score (nSPS) is 14.4. The summed E-state index contributed by atoms with van der Waals surface area (Å²) in [6.45, 7) is 10.2. The summed E-state index contributed by atoms with van der Waals surface area (Å²) >= 11 is 1.64. The van der Waals surface area contributed by atoms with Crippen LogP contribution in [0.25, 0.3) is 0 Å². The van der Waals surface area contributed by atoms with Gasteiger partial charge in [0.05, 0.1) is 0 Å². The summed E-state index contributed by atoms with van der Waals surface area (Å²) in [7, 11) is 0. The molecule has 1 aliphatic rings. The number of nitrogens with one attached hydrogen (secondary N) is 3. The van der Waals surface area contributed by atoms with Crippen LogP contribution in [0, 0.1) is 11.8 Å². The molecule has 9 heteroatoms. The van der Waals surface area contributed by atoms with E-state index in [2.05, 4.69) is 49.6 Å². The molecule has 1 aromatic rings. The minimum atomic E-state index is 0.180. The lowest BCUT2D eigenvalue weighted by Crippen LogP contribution is -2.41. The van der Waals surface area contributed by atoms with Crippen molar-refractivity contribution in [2.24, 2.45) is 16.8 Å². The average molecular weight is 410 g/mol. The summed E-state index contributed by atoms with van der Waals surface area (Å²) in [6.07, 6.45) is 5.88. The number of amides is 1. The van der Waals surface area contributed by atoms with Crippen LogP contribution in [0.5, 0.6) is 0 Å². The summed E-state index contributed by atoms with van der Waals surface area (Å²) < 4.78 is 2.23. The van der Waals surface area contributed by atoms with Crippen molar-refractivity contribution in [2.75, 3.05) is 32.4 Å². The number of thioether (sulfide) groups is 1. The van der Waals surface area contributed by atoms with E-state index in [0.29, 0.717) is 25.6 Å². The molecule has 158 valence electrons. The van der Waals surface area contributed by atoms with Gasteiger partial charge in [0, 0.05) is 45.1 Å². The summed E-state index contributed by atoms with van der Waals surface area (Å²) in [5.74, 6) is 2.82. The third kappa shape index (κ3) is 7.69. The lowest BCUT2D eigenvalue weighted by Gasteiger charge is -2.12. The first-order valence-electron chi connectivity index (χ1n) is 10.3. The highest BCUT2D eigenvalue weighted by Gasteiger charge is 2.28. The number of aliphatic imine (C=N–C) groups is 1. The first kappa shape index (κ1) is 22.5. The molecule has 0 aromatic carbocycles. The van der Waals surface area contributed by atoms with Gasteiger partial charge in [-0.3, -0.25) is 9.79 Å². The number of aromatic nitrogens is 3. The van der Waals surface area contributed by atoms with Gasteiger partial charge in [-0.05, 0) is 38.4 Å². The maximum atomic E-state index is 11.6. The molecule has 0 aliphatic heterocycles. The molecule has 0 saturated heterocycles. The van der Waals surface area contributed by atoms with Crippen LogP contribution in [0.3, 0.4) is 0 Å². The van der Waals surface area contributed by atoms with Gasteiger partial charge in [-0.25, -0.2) is 0 Å². The highest BCUT2D eigenvalue weighted by atomic mass is 32.2. The van der Waals surface area contributed by atoms with Gasteiger partial charge in [0.25, 0.3) is 0 Å². The van der Waals surface area contributed by atoms with Crippen LogP contribution in [-0.4, -0.2) is 59.1 Å². The van der Waals surface area contributed by atoms with Gasteiger partial charge in [0.1, 0.15) is 5.82 Å². The van der Waals surface area contributed by atoms with Gasteiger partial charge in [-0.15, -0.1) is 10.2 Å². The molecule has 28 heavy (non-hydrogen) atoms. The van der Waals surface area contributed by atoms with E-state index in [-0.39, 0.29) is 11.8 Å². The molecule has 0 spiro atoms. The van der Waals surface area contributed by atoms with Crippen molar-refractivity contribution < 1.29 is 4.79 Å². The first-order valence-corrected chi connectivity index (χ1v) is 11.5. The van der Waals surface area contributed by atoms with Gasteiger partial charge in [-0.2, -0.15) is 0 Å². The quantitative estimate of drug-likeness (QED) is 0.210. The monoisotopic (exact) mass is 409 g/mol. The zero-order chi connectivity index (χ0) is 20.4. The van der Waals surface area contributed by atoms with E-state index >= 15 is 0 Å². The molecule has 8 nitrogen and oxygen atoms in total. The van der Waals surface area contributed by atoms with Crippen LogP contribution in [0.15, 0.2) is 10.1 Å². The van der Waals surface area contributed by atoms with E-state index < -0.39 is 0 Å². The highest BCUT2D eigenvalue weighted by molar-refractivity contribution is 7.98. The molecule has 1 aliphatic carbocycles. The number of carbonyl (C=O) groups excluding carboxylic acids is 1. The molecule has 1 heterocycles. The van der Waals surface area contributed by atoms with E-state index in [9.17, 15) is 4.79 Å². The number of aryl methyl sites for hydroxylation is 1. The zero-order valence-electron chi connectivity index (χ0n) is 17.6. The number of hydrogen-bond acceptors (Lipinski definition) is 5. The van der Waals surface area contributed by atoms with Crippen molar-refractivity contribution >= 4 is 23.6 Å². The molecule has 3 N–H and O–H groups in total. The fourth-order valence-corrected chi connectivity index (χ4v) is 3.35. The standard InChI is InChI=1S/C19H35N7OS/c1-5-20-18(23-12-11-21-17(27)15-8-9-15)22-10-6-7-16-24-25-19(28-4)26(16)13-14(2)3/h14-15H,5-13H2,1-4H3,(H,21,27)(H2,20,22,23). The number of hydrogen-bond donors (Lipinski definition) is 3. The summed E-state index contributed by atoms with van der Waals surface area (Å²) in [5.41, 5.74) is 0. The van der Waals surface area contributed by atoms with Crippen molar-refractivity contribution in [3.63, 3.8) is 0 Å². The molecule has 2 rings (SSSR count). The Morgan fingerprint density at radius 3 is 2.64 bits per heavy atom. The predicted octanol–water partition coefficient (Wildman–Crippen LogP) is 1.67. The fraction of sp³-hybridized carbons (Fsp3) is 0.789. The van der Waals surface area contributed by atoms with Crippen LogP contribution in [0.1, 0.15) is 45.9 Å². The topological polar surface area (TPSA) is 96.2 Å². The Hall–Kier alpha value is -1.77. The number of nitrogens with zero attached hydrogens (tertiary/aromatic N) is 4. The molecule has 1 fully saturated rings. The van der Waals surface area contributed by atoms with Crippen LogP contribution >= 0.6 is 11.8 Å². The lowest BCUT2D eigenvalue weighted by molar-refractivity contribution is -0.122. The third-order valence-electron chi connectivity index (χ3n) is 4.36. The van der Waals surface area contributed by atoms with E-state index in [1.165, 1.54) is 0 Å². The molecule has 1 saturated carbocycles. The molecular weight excluding hydrogens is 374 g/mol. The van der Waals surface area contributed by atoms with Crippen LogP contribution in [-0.2, 0) is 17.8 Å². The molecule has 0 unspecified atom stereocenters. The summed E-state index contributed by atoms with van der Waals surface area (Å²) in [5, 5.41) is 19.1. The second-order valence-electron chi connectivity index (χ2n) is 7.46. The minimum absolute atomic E-state index is 0.180. The molecule has 0 atom stereocenters. The average Bonchev–Trinajstić information content (AvgIpc) is 3.45. The Bertz CT molecular complexity index is 640. The summed E-state index contributed by atoms with van der Waals surface area (Å²) in [6, 6.07) is 0. The van der Waals surface area contributed by atoms with E-state index in [1.54, 1.807) is 11.8 Å². The second-order valence-corrected chi connectivity index (χ2v) is 8.24. The highest BCUT2D eigenvalue weighted by Crippen LogP contribution is 2.28. The van der Waals surface area contributed by atoms with Crippen molar-refractivity contribution in [2.45, 2.75) is 58.2 Å². The largest absolute Gasteiger partial charge is 0.357 e. The Balaban J connectivity index is 1.75. The van der Waals surface area contributed by atoms with Crippen LogP contribution in [0.2, 0.25) is 0 Å². The van der Waals surface area contributed by atoms with Crippen molar-refractivity contribution in [3.8, 4) is 0 Å². The molecular formula is C19H35N7OS. The molecule has 1 amide bonds. The van der Waals surface area contributed by atoms with Gasteiger partial charge in [0.15, 0.2) is 11.1 Å². The Morgan fingerprint density at radius 1 is 1.25 bits per heavy atom. The van der Waals surface area contributed by atoms with Crippen molar-refractivity contribution in [1.82, 2.24) is 30.7 Å². The number of guanidine groups is 1. The number of rotatable bonds is 12. The van der Waals surface area contributed by atoms with E-state index in [0.717, 1.165) is 55.7 Å². The van der Waals surface area contributed by atoms with Crippen molar-refractivity contribution in [3.05, 3.63) is 5.82 Å². The Labute approximate surface area is 172 Å². The van der Waals surface area contributed by atoms with Gasteiger partial charge in [0.2, 0.25) is 5.91 Å².